The zero-order chi connectivity index (χ0) is 14.2. The average Bonchev–Trinajstić information content (AvgIpc) is 2.98. The molecule has 0 atom stereocenters. The number of unbranched alkanes of at least 4 members (excludes halogenated alkanes) is 2. The Hall–Kier alpha value is -1.23. The van der Waals surface area contributed by atoms with E-state index in [0.717, 1.165) is 42.8 Å². The molecule has 1 heterocycles. The highest BCUT2D eigenvalue weighted by Crippen LogP contribution is 2.28. The van der Waals surface area contributed by atoms with Crippen LogP contribution in [-0.2, 0) is 6.54 Å². The van der Waals surface area contributed by atoms with Gasteiger partial charge < -0.3 is 10.4 Å². The van der Waals surface area contributed by atoms with E-state index in [1.807, 2.05) is 29.6 Å². The van der Waals surface area contributed by atoms with Crippen LogP contribution in [0.1, 0.15) is 24.8 Å². The van der Waals surface area contributed by atoms with E-state index in [1.165, 1.54) is 6.07 Å². The third-order valence-electron chi connectivity index (χ3n) is 3.16. The molecule has 0 fully saturated rings. The Kier molecular flexibility index (Phi) is 6.18. The molecule has 0 bridgehead atoms. The number of hydrogen-bond acceptors (Lipinski definition) is 3. The number of aliphatic hydroxyl groups is 1. The predicted octanol–water partition coefficient (Wildman–Crippen LogP) is 3.81. The maximum Gasteiger partial charge on any atom is 0.131 e. The highest BCUT2D eigenvalue weighted by molar-refractivity contribution is 7.13. The molecular weight excluding hydrogens is 273 g/mol. The van der Waals surface area contributed by atoms with Crippen LogP contribution in [0.25, 0.3) is 10.4 Å². The number of hydrogen-bond donors (Lipinski definition) is 2. The van der Waals surface area contributed by atoms with Gasteiger partial charge >= 0.3 is 0 Å². The molecule has 20 heavy (non-hydrogen) atoms. The second-order valence-electron chi connectivity index (χ2n) is 4.75. The standard InChI is InChI=1S/C16H20FNOS/c17-15-7-6-13(12-18-8-2-1-3-9-19)11-14(15)16-5-4-10-20-16/h4-7,10-11,18-19H,1-3,8-9,12H2. The van der Waals surface area contributed by atoms with Gasteiger partial charge in [-0.3, -0.25) is 0 Å². The SMILES string of the molecule is OCCCCCNCc1ccc(F)c(-c2cccs2)c1. The van der Waals surface area contributed by atoms with Crippen molar-refractivity contribution < 1.29 is 9.50 Å². The molecule has 0 spiro atoms. The normalized spacial score (nSPS) is 10.9. The highest BCUT2D eigenvalue weighted by atomic mass is 32.1. The zero-order valence-electron chi connectivity index (χ0n) is 11.4. The van der Waals surface area contributed by atoms with Crippen molar-refractivity contribution in [3.63, 3.8) is 0 Å². The van der Waals surface area contributed by atoms with E-state index in [4.69, 9.17) is 5.11 Å². The van der Waals surface area contributed by atoms with Gasteiger partial charge in [-0.2, -0.15) is 0 Å². The van der Waals surface area contributed by atoms with Crippen molar-refractivity contribution in [3.05, 3.63) is 47.1 Å². The first-order valence-electron chi connectivity index (χ1n) is 6.95. The second-order valence-corrected chi connectivity index (χ2v) is 5.70. The predicted molar refractivity (Wildman–Crippen MR) is 82.4 cm³/mol. The smallest absolute Gasteiger partial charge is 0.131 e. The Morgan fingerprint density at radius 1 is 1.15 bits per heavy atom. The number of rotatable bonds is 8. The third kappa shape index (κ3) is 4.40. The molecule has 0 amide bonds. The van der Waals surface area contributed by atoms with E-state index in [9.17, 15) is 4.39 Å². The van der Waals surface area contributed by atoms with Crippen LogP contribution in [0.15, 0.2) is 35.7 Å². The summed E-state index contributed by atoms with van der Waals surface area (Å²) in [5.74, 6) is -0.167. The quantitative estimate of drug-likeness (QED) is 0.725. The Morgan fingerprint density at radius 2 is 2.05 bits per heavy atom. The lowest BCUT2D eigenvalue weighted by molar-refractivity contribution is 0.283. The fraction of sp³-hybridized carbons (Fsp3) is 0.375. The van der Waals surface area contributed by atoms with E-state index >= 15 is 0 Å². The van der Waals surface area contributed by atoms with Gasteiger partial charge in [0.05, 0.1) is 0 Å². The molecule has 0 radical (unpaired) electrons. The first-order chi connectivity index (χ1) is 9.81. The van der Waals surface area contributed by atoms with E-state index in [-0.39, 0.29) is 12.4 Å². The van der Waals surface area contributed by atoms with Crippen molar-refractivity contribution in [2.75, 3.05) is 13.2 Å². The summed E-state index contributed by atoms with van der Waals surface area (Å²) in [6.07, 6.45) is 2.95. The Morgan fingerprint density at radius 3 is 2.80 bits per heavy atom. The minimum Gasteiger partial charge on any atom is -0.396 e. The van der Waals surface area contributed by atoms with Crippen LogP contribution < -0.4 is 5.32 Å². The first kappa shape index (κ1) is 15.2. The summed E-state index contributed by atoms with van der Waals surface area (Å²) in [5.41, 5.74) is 1.77. The van der Waals surface area contributed by atoms with Gasteiger partial charge in [-0.1, -0.05) is 12.1 Å². The minimum atomic E-state index is -0.167. The third-order valence-corrected chi connectivity index (χ3v) is 4.06. The number of halogens is 1. The van der Waals surface area contributed by atoms with Crippen LogP contribution in [0, 0.1) is 5.82 Å². The summed E-state index contributed by atoms with van der Waals surface area (Å²) < 4.78 is 13.8. The van der Waals surface area contributed by atoms with Gasteiger partial charge in [-0.05, 0) is 54.9 Å². The lowest BCUT2D eigenvalue weighted by Gasteiger charge is -2.07. The lowest BCUT2D eigenvalue weighted by atomic mass is 10.1. The molecule has 2 aromatic rings. The molecule has 108 valence electrons. The number of aliphatic hydroxyl groups excluding tert-OH is 1. The molecule has 1 aromatic carbocycles. The fourth-order valence-corrected chi connectivity index (χ4v) is 2.82. The minimum absolute atomic E-state index is 0.167. The van der Waals surface area contributed by atoms with E-state index in [0.29, 0.717) is 5.56 Å². The number of benzene rings is 1. The van der Waals surface area contributed by atoms with Crippen LogP contribution in [0.4, 0.5) is 4.39 Å². The summed E-state index contributed by atoms with van der Waals surface area (Å²) in [4.78, 5) is 0.965. The average molecular weight is 293 g/mol. The Bertz CT molecular complexity index is 513. The van der Waals surface area contributed by atoms with Gasteiger partial charge in [0, 0.05) is 23.6 Å². The molecule has 0 unspecified atom stereocenters. The molecule has 0 saturated heterocycles. The van der Waals surface area contributed by atoms with Crippen molar-refractivity contribution >= 4 is 11.3 Å². The van der Waals surface area contributed by atoms with Crippen molar-refractivity contribution in [1.82, 2.24) is 5.32 Å². The molecule has 2 N–H and O–H groups in total. The van der Waals surface area contributed by atoms with Gasteiger partial charge in [0.15, 0.2) is 0 Å². The summed E-state index contributed by atoms with van der Waals surface area (Å²) in [5, 5.41) is 14.0. The summed E-state index contributed by atoms with van der Waals surface area (Å²) in [7, 11) is 0. The molecule has 2 rings (SSSR count). The topological polar surface area (TPSA) is 32.3 Å². The van der Waals surface area contributed by atoms with Crippen molar-refractivity contribution in [1.29, 1.82) is 0 Å². The van der Waals surface area contributed by atoms with Gasteiger partial charge in [0.1, 0.15) is 5.82 Å². The molecule has 0 aliphatic carbocycles. The summed E-state index contributed by atoms with van der Waals surface area (Å²) >= 11 is 1.55. The summed E-state index contributed by atoms with van der Waals surface area (Å²) in [6, 6.07) is 9.16. The van der Waals surface area contributed by atoms with Crippen LogP contribution in [-0.4, -0.2) is 18.3 Å². The molecular formula is C16H20FNOS. The molecule has 1 aromatic heterocycles. The van der Waals surface area contributed by atoms with Gasteiger partial charge in [-0.25, -0.2) is 4.39 Å². The van der Waals surface area contributed by atoms with Gasteiger partial charge in [0.25, 0.3) is 0 Å². The van der Waals surface area contributed by atoms with Gasteiger partial charge in [-0.15, -0.1) is 11.3 Å². The maximum absolute atomic E-state index is 13.8. The van der Waals surface area contributed by atoms with E-state index < -0.39 is 0 Å². The number of thiophene rings is 1. The van der Waals surface area contributed by atoms with Crippen molar-refractivity contribution in [3.8, 4) is 10.4 Å². The molecule has 0 aliphatic rings. The van der Waals surface area contributed by atoms with Crippen LogP contribution in [0.3, 0.4) is 0 Å². The second kappa shape index (κ2) is 8.15. The maximum atomic E-state index is 13.8. The monoisotopic (exact) mass is 293 g/mol. The van der Waals surface area contributed by atoms with Crippen LogP contribution in [0.5, 0.6) is 0 Å². The van der Waals surface area contributed by atoms with Crippen molar-refractivity contribution in [2.24, 2.45) is 0 Å². The Labute approximate surface area is 123 Å². The molecule has 4 heteroatoms. The van der Waals surface area contributed by atoms with E-state index in [2.05, 4.69) is 5.32 Å². The zero-order valence-corrected chi connectivity index (χ0v) is 12.3. The fourth-order valence-electron chi connectivity index (χ4n) is 2.07. The Balaban J connectivity index is 1.88. The van der Waals surface area contributed by atoms with Crippen molar-refractivity contribution in [2.45, 2.75) is 25.8 Å². The molecule has 0 saturated carbocycles. The largest absolute Gasteiger partial charge is 0.396 e. The molecule has 2 nitrogen and oxygen atoms in total. The van der Waals surface area contributed by atoms with E-state index in [1.54, 1.807) is 11.3 Å². The summed E-state index contributed by atoms with van der Waals surface area (Å²) in [6.45, 7) is 1.94. The lowest BCUT2D eigenvalue weighted by Crippen LogP contribution is -2.14. The number of nitrogens with one attached hydrogen (secondary N) is 1. The highest BCUT2D eigenvalue weighted by Gasteiger charge is 2.07. The van der Waals surface area contributed by atoms with Crippen LogP contribution in [0.2, 0.25) is 0 Å². The van der Waals surface area contributed by atoms with Crippen LogP contribution >= 0.6 is 11.3 Å². The molecule has 0 aliphatic heterocycles. The first-order valence-corrected chi connectivity index (χ1v) is 7.83. The van der Waals surface area contributed by atoms with Gasteiger partial charge in [0.2, 0.25) is 0 Å².